The quantitative estimate of drug-likeness (QED) is 0.303. The number of rotatable bonds is 4. The molecule has 0 saturated heterocycles. The smallest absolute Gasteiger partial charge is 0.232 e. The second kappa shape index (κ2) is 8.11. The van der Waals surface area contributed by atoms with Crippen LogP contribution in [0, 0.1) is 0 Å². The summed E-state index contributed by atoms with van der Waals surface area (Å²) in [6, 6.07) is 20.0. The number of aromatic nitrogens is 2. The van der Waals surface area contributed by atoms with Crippen LogP contribution in [0.3, 0.4) is 0 Å². The summed E-state index contributed by atoms with van der Waals surface area (Å²) in [5.74, 6) is -0.334. The van der Waals surface area contributed by atoms with E-state index in [1.165, 1.54) is 6.20 Å². The molecule has 0 aliphatic heterocycles. The van der Waals surface area contributed by atoms with Crippen LogP contribution < -0.4 is 5.73 Å². The lowest BCUT2D eigenvalue weighted by Gasteiger charge is -2.11. The van der Waals surface area contributed by atoms with Gasteiger partial charge in [0.05, 0.1) is 16.8 Å². The van der Waals surface area contributed by atoms with Crippen LogP contribution in [0.15, 0.2) is 83.5 Å². The summed E-state index contributed by atoms with van der Waals surface area (Å²) in [6.07, 6.45) is 3.06. The Morgan fingerprint density at radius 1 is 0.938 bits per heavy atom. The van der Waals surface area contributed by atoms with Gasteiger partial charge in [0.1, 0.15) is 0 Å². The van der Waals surface area contributed by atoms with E-state index in [2.05, 4.69) is 4.98 Å². The number of ketones is 1. The molecule has 0 amide bonds. The lowest BCUT2D eigenvalue weighted by atomic mass is 9.98. The van der Waals surface area contributed by atoms with E-state index in [0.717, 1.165) is 16.7 Å². The third-order valence-corrected chi connectivity index (χ3v) is 5.72. The fourth-order valence-electron chi connectivity index (χ4n) is 3.55. The summed E-state index contributed by atoms with van der Waals surface area (Å²) in [4.78, 5) is 21.7. The highest BCUT2D eigenvalue weighted by atomic mass is 35.5. The SMILES string of the molecule is Nc1c(C(=O)c2cccnc2)oc2nc(-c3ccccc3Cl)c(-c3ccc(Cl)cc3)cc12. The Labute approximate surface area is 193 Å². The number of fused-ring (bicyclic) bond motifs is 1. The van der Waals surface area contributed by atoms with Gasteiger partial charge in [-0.25, -0.2) is 4.98 Å². The molecule has 0 spiro atoms. The molecule has 156 valence electrons. The molecule has 0 saturated carbocycles. The van der Waals surface area contributed by atoms with Crippen LogP contribution in [0.25, 0.3) is 33.5 Å². The predicted octanol–water partition coefficient (Wildman–Crippen LogP) is 6.68. The van der Waals surface area contributed by atoms with Crippen LogP contribution in [0.1, 0.15) is 16.1 Å². The van der Waals surface area contributed by atoms with E-state index in [0.29, 0.717) is 26.7 Å². The summed E-state index contributed by atoms with van der Waals surface area (Å²) in [6.45, 7) is 0. The maximum Gasteiger partial charge on any atom is 0.232 e. The number of benzene rings is 2. The van der Waals surface area contributed by atoms with Crippen molar-refractivity contribution < 1.29 is 9.21 Å². The highest BCUT2D eigenvalue weighted by molar-refractivity contribution is 6.33. The number of nitrogen functional groups attached to an aromatic ring is 1. The molecule has 7 heteroatoms. The molecule has 0 aliphatic carbocycles. The number of carbonyl (C=O) groups excluding carboxylic acids is 1. The van der Waals surface area contributed by atoms with Crippen LogP contribution in [-0.2, 0) is 0 Å². The molecule has 5 aromatic rings. The normalized spacial score (nSPS) is 11.1. The van der Waals surface area contributed by atoms with E-state index in [-0.39, 0.29) is 22.9 Å². The molecule has 0 radical (unpaired) electrons. The average Bonchev–Trinajstić information content (AvgIpc) is 3.15. The van der Waals surface area contributed by atoms with E-state index in [1.807, 2.05) is 36.4 Å². The van der Waals surface area contributed by atoms with E-state index < -0.39 is 0 Å². The Balaban J connectivity index is 1.76. The Bertz CT molecular complexity index is 1460. The van der Waals surface area contributed by atoms with E-state index in [9.17, 15) is 4.79 Å². The van der Waals surface area contributed by atoms with Crippen LogP contribution >= 0.6 is 23.2 Å². The summed E-state index contributed by atoms with van der Waals surface area (Å²) >= 11 is 12.6. The first-order valence-corrected chi connectivity index (χ1v) is 10.5. The lowest BCUT2D eigenvalue weighted by Crippen LogP contribution is -2.03. The molecule has 0 fully saturated rings. The number of anilines is 1. The Kier molecular flexibility index (Phi) is 5.13. The Morgan fingerprint density at radius 2 is 1.72 bits per heavy atom. The van der Waals surface area contributed by atoms with Crippen molar-refractivity contribution in [2.45, 2.75) is 0 Å². The lowest BCUT2D eigenvalue weighted by molar-refractivity contribution is 0.101. The van der Waals surface area contributed by atoms with Crippen LogP contribution in [-0.4, -0.2) is 15.8 Å². The molecule has 0 aliphatic rings. The van der Waals surface area contributed by atoms with Crippen molar-refractivity contribution in [1.29, 1.82) is 0 Å². The van der Waals surface area contributed by atoms with Gasteiger partial charge in [-0.1, -0.05) is 53.5 Å². The number of nitrogens with zero attached hydrogens (tertiary/aromatic N) is 2. The first-order chi connectivity index (χ1) is 15.5. The van der Waals surface area contributed by atoms with Gasteiger partial charge in [-0.3, -0.25) is 9.78 Å². The highest BCUT2D eigenvalue weighted by Crippen LogP contribution is 2.40. The van der Waals surface area contributed by atoms with Gasteiger partial charge in [-0.15, -0.1) is 0 Å². The minimum Gasteiger partial charge on any atom is -0.432 e. The molecule has 5 rings (SSSR count). The number of pyridine rings is 2. The van der Waals surface area contributed by atoms with Gasteiger partial charge in [-0.2, -0.15) is 0 Å². The van der Waals surface area contributed by atoms with E-state index in [1.54, 1.807) is 36.5 Å². The highest BCUT2D eigenvalue weighted by Gasteiger charge is 2.23. The zero-order valence-corrected chi connectivity index (χ0v) is 18.1. The predicted molar refractivity (Wildman–Crippen MR) is 127 cm³/mol. The standard InChI is InChI=1S/C25H15Cl2N3O2/c26-16-9-7-14(8-10-16)18-12-19-21(28)24(23(31)15-4-3-11-29-13-15)32-25(19)30-22(18)17-5-1-2-6-20(17)27/h1-13H,28H2. The van der Waals surface area contributed by atoms with Crippen molar-refractivity contribution in [2.75, 3.05) is 5.73 Å². The number of furan rings is 1. The maximum absolute atomic E-state index is 13.0. The molecule has 0 bridgehead atoms. The van der Waals surface area contributed by atoms with Crippen molar-refractivity contribution in [1.82, 2.24) is 9.97 Å². The minimum atomic E-state index is -0.360. The molecule has 2 N–H and O–H groups in total. The molecule has 0 atom stereocenters. The third-order valence-electron chi connectivity index (χ3n) is 5.14. The second-order valence-corrected chi connectivity index (χ2v) is 7.98. The maximum atomic E-state index is 13.0. The van der Waals surface area contributed by atoms with Gasteiger partial charge < -0.3 is 10.2 Å². The number of nitrogens with two attached hydrogens (primary N) is 1. The largest absolute Gasteiger partial charge is 0.432 e. The molecule has 0 unspecified atom stereocenters. The second-order valence-electron chi connectivity index (χ2n) is 7.14. The van der Waals surface area contributed by atoms with Gasteiger partial charge in [0.2, 0.25) is 17.3 Å². The molecule has 32 heavy (non-hydrogen) atoms. The van der Waals surface area contributed by atoms with Crippen molar-refractivity contribution in [3.63, 3.8) is 0 Å². The number of hydrogen-bond acceptors (Lipinski definition) is 5. The zero-order valence-electron chi connectivity index (χ0n) is 16.5. The third kappa shape index (κ3) is 3.51. The fourth-order valence-corrected chi connectivity index (χ4v) is 3.90. The summed E-state index contributed by atoms with van der Waals surface area (Å²) < 4.78 is 5.85. The topological polar surface area (TPSA) is 82.0 Å². The fraction of sp³-hybridized carbons (Fsp3) is 0. The van der Waals surface area contributed by atoms with Gasteiger partial charge in [0.25, 0.3) is 0 Å². The summed E-state index contributed by atoms with van der Waals surface area (Å²) in [7, 11) is 0. The van der Waals surface area contributed by atoms with Gasteiger partial charge in [0.15, 0.2) is 0 Å². The summed E-state index contributed by atoms with van der Waals surface area (Å²) in [5, 5.41) is 1.70. The van der Waals surface area contributed by atoms with Crippen molar-refractivity contribution in [3.05, 3.63) is 100 Å². The monoisotopic (exact) mass is 459 g/mol. The van der Waals surface area contributed by atoms with E-state index >= 15 is 0 Å². The number of halogens is 2. The van der Waals surface area contributed by atoms with Gasteiger partial charge >= 0.3 is 0 Å². The zero-order chi connectivity index (χ0) is 22.2. The first-order valence-electron chi connectivity index (χ1n) is 9.71. The Hall–Kier alpha value is -3.67. The van der Waals surface area contributed by atoms with Crippen molar-refractivity contribution in [2.24, 2.45) is 0 Å². The van der Waals surface area contributed by atoms with Crippen molar-refractivity contribution in [3.8, 4) is 22.4 Å². The molecule has 3 aromatic heterocycles. The number of carbonyl (C=O) groups is 1. The van der Waals surface area contributed by atoms with Crippen molar-refractivity contribution >= 4 is 45.8 Å². The molecule has 3 heterocycles. The van der Waals surface area contributed by atoms with Gasteiger partial charge in [0, 0.05) is 39.1 Å². The molecule has 2 aromatic carbocycles. The van der Waals surface area contributed by atoms with Crippen LogP contribution in [0.2, 0.25) is 10.0 Å². The molecular weight excluding hydrogens is 445 g/mol. The Morgan fingerprint density at radius 3 is 2.44 bits per heavy atom. The van der Waals surface area contributed by atoms with Crippen LogP contribution in [0.4, 0.5) is 5.69 Å². The average molecular weight is 460 g/mol. The number of hydrogen-bond donors (Lipinski definition) is 1. The first kappa shape index (κ1) is 20.2. The van der Waals surface area contributed by atoms with E-state index in [4.69, 9.17) is 38.3 Å². The van der Waals surface area contributed by atoms with Gasteiger partial charge in [-0.05, 0) is 42.0 Å². The minimum absolute atomic E-state index is 0.0267. The molecular formula is C25H15Cl2N3O2. The summed E-state index contributed by atoms with van der Waals surface area (Å²) in [5.41, 5.74) is 10.2. The van der Waals surface area contributed by atoms with Crippen LogP contribution in [0.5, 0.6) is 0 Å². The molecule has 5 nitrogen and oxygen atoms in total.